The summed E-state index contributed by atoms with van der Waals surface area (Å²) in [6.07, 6.45) is 2.95. The molecule has 0 heterocycles. The Morgan fingerprint density at radius 2 is 2.00 bits per heavy atom. The summed E-state index contributed by atoms with van der Waals surface area (Å²) in [5.41, 5.74) is 0.702. The van der Waals surface area contributed by atoms with Crippen molar-refractivity contribution in [2.45, 2.75) is 51.5 Å². The topological polar surface area (TPSA) is 29.1 Å². The minimum atomic E-state index is -0.353. The van der Waals surface area contributed by atoms with Crippen molar-refractivity contribution in [2.24, 2.45) is 5.92 Å². The highest BCUT2D eigenvalue weighted by atomic mass is 35.5. The Bertz CT molecular complexity index is 466. The molecule has 1 N–H and O–H groups in total. The van der Waals surface area contributed by atoms with Crippen molar-refractivity contribution in [1.29, 1.82) is 0 Å². The monoisotopic (exact) mass is 279 g/mol. The van der Waals surface area contributed by atoms with E-state index < -0.39 is 0 Å². The minimum Gasteiger partial charge on any atom is -0.353 e. The van der Waals surface area contributed by atoms with Crippen molar-refractivity contribution < 1.29 is 4.79 Å². The van der Waals surface area contributed by atoms with E-state index in [9.17, 15) is 4.79 Å². The summed E-state index contributed by atoms with van der Waals surface area (Å²) in [6.45, 7) is 6.31. The van der Waals surface area contributed by atoms with Crippen LogP contribution >= 0.6 is 11.6 Å². The first-order chi connectivity index (χ1) is 8.95. The molecule has 0 bridgehead atoms. The Balaban J connectivity index is 2.21. The van der Waals surface area contributed by atoms with Gasteiger partial charge < -0.3 is 5.32 Å². The number of halogens is 1. The molecule has 2 rings (SSSR count). The highest BCUT2D eigenvalue weighted by Crippen LogP contribution is 2.44. The number of benzene rings is 1. The third-order valence-corrected chi connectivity index (χ3v) is 4.61. The molecule has 1 fully saturated rings. The van der Waals surface area contributed by atoms with Gasteiger partial charge in [-0.2, -0.15) is 0 Å². The van der Waals surface area contributed by atoms with Gasteiger partial charge in [-0.1, -0.05) is 44.0 Å². The number of hydrogen-bond donors (Lipinski definition) is 1. The molecule has 104 valence electrons. The molecule has 1 aromatic carbocycles. The molecule has 0 aromatic heterocycles. The number of nitrogens with one attached hydrogen (secondary N) is 1. The van der Waals surface area contributed by atoms with Gasteiger partial charge in [-0.15, -0.1) is 0 Å². The van der Waals surface area contributed by atoms with Gasteiger partial charge in [0.05, 0.1) is 5.41 Å². The lowest BCUT2D eigenvalue weighted by atomic mass is 9.63. The van der Waals surface area contributed by atoms with E-state index in [2.05, 4.69) is 26.1 Å². The molecule has 0 spiro atoms. The summed E-state index contributed by atoms with van der Waals surface area (Å²) in [7, 11) is 0. The third kappa shape index (κ3) is 2.79. The third-order valence-electron chi connectivity index (χ3n) is 4.38. The molecule has 0 saturated heterocycles. The molecule has 1 aliphatic rings. The minimum absolute atomic E-state index is 0.155. The van der Waals surface area contributed by atoms with E-state index in [4.69, 9.17) is 11.6 Å². The number of carbonyl (C=O) groups excluding carboxylic acids is 1. The molecular formula is C16H22ClNO. The molecule has 0 radical (unpaired) electrons. The number of hydrogen-bond acceptors (Lipinski definition) is 1. The van der Waals surface area contributed by atoms with E-state index in [1.165, 1.54) is 0 Å². The van der Waals surface area contributed by atoms with Crippen LogP contribution in [0.5, 0.6) is 0 Å². The Kier molecular flexibility index (Phi) is 4.19. The highest BCUT2D eigenvalue weighted by Gasteiger charge is 2.45. The first-order valence-corrected chi connectivity index (χ1v) is 7.40. The Hall–Kier alpha value is -1.02. The Morgan fingerprint density at radius 1 is 1.32 bits per heavy atom. The molecule has 0 aliphatic heterocycles. The van der Waals surface area contributed by atoms with Crippen LogP contribution in [0.4, 0.5) is 0 Å². The maximum Gasteiger partial charge on any atom is 0.230 e. The van der Waals surface area contributed by atoms with E-state index in [1.54, 1.807) is 0 Å². The maximum absolute atomic E-state index is 12.6. The SMILES string of the molecule is CC(C)C(C)NC(=O)C1(c2cccc(Cl)c2)CCC1. The fourth-order valence-corrected chi connectivity index (χ4v) is 2.67. The van der Waals surface area contributed by atoms with Crippen LogP contribution in [0.3, 0.4) is 0 Å². The first kappa shape index (κ1) is 14.4. The van der Waals surface area contributed by atoms with Crippen molar-refractivity contribution >= 4 is 17.5 Å². The molecule has 2 nitrogen and oxygen atoms in total. The standard InChI is InChI=1S/C16H22ClNO/c1-11(2)12(3)18-15(19)16(8-5-9-16)13-6-4-7-14(17)10-13/h4,6-7,10-12H,5,8-9H2,1-3H3,(H,18,19). The van der Waals surface area contributed by atoms with Gasteiger partial charge in [0.2, 0.25) is 5.91 Å². The van der Waals surface area contributed by atoms with E-state index in [1.807, 2.05) is 24.3 Å². The fourth-order valence-electron chi connectivity index (χ4n) is 2.47. The average Bonchev–Trinajstić information content (AvgIpc) is 2.27. The lowest BCUT2D eigenvalue weighted by Gasteiger charge is -2.41. The zero-order chi connectivity index (χ0) is 14.0. The molecule has 1 saturated carbocycles. The molecule has 1 atom stereocenters. The van der Waals surface area contributed by atoms with Crippen molar-refractivity contribution in [3.8, 4) is 0 Å². The van der Waals surface area contributed by atoms with E-state index in [0.717, 1.165) is 24.8 Å². The van der Waals surface area contributed by atoms with Gasteiger partial charge in [0, 0.05) is 11.1 Å². The van der Waals surface area contributed by atoms with Crippen LogP contribution in [0, 0.1) is 5.92 Å². The van der Waals surface area contributed by atoms with E-state index in [-0.39, 0.29) is 17.4 Å². The van der Waals surface area contributed by atoms with Crippen molar-refractivity contribution in [1.82, 2.24) is 5.32 Å². The molecule has 19 heavy (non-hydrogen) atoms. The predicted octanol–water partition coefficient (Wildman–Crippen LogP) is 3.92. The zero-order valence-electron chi connectivity index (χ0n) is 11.9. The van der Waals surface area contributed by atoms with Crippen LogP contribution in [0.15, 0.2) is 24.3 Å². The quantitative estimate of drug-likeness (QED) is 0.889. The second kappa shape index (κ2) is 5.54. The molecule has 1 aromatic rings. The number of amides is 1. The second-order valence-corrected chi connectivity index (χ2v) is 6.39. The van der Waals surface area contributed by atoms with Gasteiger partial charge in [-0.05, 0) is 43.4 Å². The van der Waals surface area contributed by atoms with Crippen LogP contribution in [0.25, 0.3) is 0 Å². The lowest BCUT2D eigenvalue weighted by Crippen LogP contribution is -2.52. The van der Waals surface area contributed by atoms with Gasteiger partial charge in [-0.3, -0.25) is 4.79 Å². The van der Waals surface area contributed by atoms with Gasteiger partial charge in [0.1, 0.15) is 0 Å². The maximum atomic E-state index is 12.6. The first-order valence-electron chi connectivity index (χ1n) is 7.03. The Morgan fingerprint density at radius 3 is 2.47 bits per heavy atom. The normalized spacial score (nSPS) is 18.8. The Labute approximate surface area is 120 Å². The highest BCUT2D eigenvalue weighted by molar-refractivity contribution is 6.30. The lowest BCUT2D eigenvalue weighted by molar-refractivity contribution is -0.130. The van der Waals surface area contributed by atoms with Gasteiger partial charge in [0.25, 0.3) is 0 Å². The van der Waals surface area contributed by atoms with Crippen LogP contribution in [0.2, 0.25) is 5.02 Å². The van der Waals surface area contributed by atoms with Crippen LogP contribution in [-0.4, -0.2) is 11.9 Å². The van der Waals surface area contributed by atoms with E-state index >= 15 is 0 Å². The molecule has 1 unspecified atom stereocenters. The average molecular weight is 280 g/mol. The van der Waals surface area contributed by atoms with Gasteiger partial charge in [0.15, 0.2) is 0 Å². The summed E-state index contributed by atoms with van der Waals surface area (Å²) in [5, 5.41) is 3.86. The molecular weight excluding hydrogens is 258 g/mol. The molecule has 1 amide bonds. The largest absolute Gasteiger partial charge is 0.353 e. The van der Waals surface area contributed by atoms with Crippen LogP contribution in [0.1, 0.15) is 45.6 Å². The van der Waals surface area contributed by atoms with Crippen molar-refractivity contribution in [2.75, 3.05) is 0 Å². The molecule has 3 heteroatoms. The number of carbonyl (C=O) groups is 1. The number of rotatable bonds is 4. The smallest absolute Gasteiger partial charge is 0.230 e. The van der Waals surface area contributed by atoms with Crippen LogP contribution < -0.4 is 5.32 Å². The fraction of sp³-hybridized carbons (Fsp3) is 0.562. The second-order valence-electron chi connectivity index (χ2n) is 5.95. The summed E-state index contributed by atoms with van der Waals surface area (Å²) in [5.74, 6) is 0.600. The van der Waals surface area contributed by atoms with Gasteiger partial charge >= 0.3 is 0 Å². The zero-order valence-corrected chi connectivity index (χ0v) is 12.6. The van der Waals surface area contributed by atoms with Crippen molar-refractivity contribution in [3.63, 3.8) is 0 Å². The summed E-state index contributed by atoms with van der Waals surface area (Å²) in [6, 6.07) is 7.93. The summed E-state index contributed by atoms with van der Waals surface area (Å²) >= 11 is 6.06. The van der Waals surface area contributed by atoms with Crippen LogP contribution in [-0.2, 0) is 10.2 Å². The van der Waals surface area contributed by atoms with Gasteiger partial charge in [-0.25, -0.2) is 0 Å². The van der Waals surface area contributed by atoms with Crippen molar-refractivity contribution in [3.05, 3.63) is 34.9 Å². The predicted molar refractivity (Wildman–Crippen MR) is 79.4 cm³/mol. The van der Waals surface area contributed by atoms with E-state index in [0.29, 0.717) is 10.9 Å². The molecule has 1 aliphatic carbocycles. The summed E-state index contributed by atoms with van der Waals surface area (Å²) in [4.78, 5) is 12.6. The summed E-state index contributed by atoms with van der Waals surface area (Å²) < 4.78 is 0.